The van der Waals surface area contributed by atoms with Gasteiger partial charge in [-0.2, -0.15) is 0 Å². The monoisotopic (exact) mass is 525 g/mol. The Morgan fingerprint density at radius 3 is 2.63 bits per heavy atom. The largest absolute Gasteiger partial charge is 0.385 e. The molecule has 1 aromatic carbocycles. The van der Waals surface area contributed by atoms with E-state index in [2.05, 4.69) is 82.2 Å². The van der Waals surface area contributed by atoms with Gasteiger partial charge in [0, 0.05) is 63.0 Å². The summed E-state index contributed by atoms with van der Waals surface area (Å²) in [5.41, 5.74) is 4.07. The average molecular weight is 526 g/mol. The Morgan fingerprint density at radius 2 is 1.97 bits per heavy atom. The lowest BCUT2D eigenvalue weighted by molar-refractivity contribution is -0.128. The summed E-state index contributed by atoms with van der Waals surface area (Å²) in [6.45, 7) is 9.63. The number of carbonyl (C=O) groups excluding carboxylic acids is 1. The lowest BCUT2D eigenvalue weighted by Gasteiger charge is -2.27. The van der Waals surface area contributed by atoms with Crippen molar-refractivity contribution < 1.29 is 19.0 Å². The van der Waals surface area contributed by atoms with Crippen LogP contribution in [-0.4, -0.2) is 81.1 Å². The third kappa shape index (κ3) is 9.79. The normalized spacial score (nSPS) is 20.8. The number of aldehydes is 1. The Morgan fingerprint density at radius 1 is 1.18 bits per heavy atom. The highest BCUT2D eigenvalue weighted by Gasteiger charge is 2.26. The summed E-state index contributed by atoms with van der Waals surface area (Å²) in [4.78, 5) is 13.1. The number of rotatable bonds is 10. The van der Waals surface area contributed by atoms with Crippen molar-refractivity contribution in [2.24, 2.45) is 0 Å². The number of fused-ring (bicyclic) bond motifs is 1. The second kappa shape index (κ2) is 16.6. The molecule has 1 aliphatic heterocycles. The van der Waals surface area contributed by atoms with Crippen LogP contribution < -0.4 is 5.32 Å². The summed E-state index contributed by atoms with van der Waals surface area (Å²) in [5, 5.41) is 4.58. The maximum Gasteiger partial charge on any atom is 0.150 e. The highest BCUT2D eigenvalue weighted by Crippen LogP contribution is 2.29. The zero-order valence-corrected chi connectivity index (χ0v) is 23.7. The summed E-state index contributed by atoms with van der Waals surface area (Å²) >= 11 is 0. The van der Waals surface area contributed by atoms with Gasteiger partial charge in [0.25, 0.3) is 0 Å². The molecule has 1 aromatic heterocycles. The fraction of sp³-hybridized carbons (Fsp3) is 0.581. The number of aromatic nitrogens is 1. The number of nitrogens with zero attached hydrogens (tertiary/aromatic N) is 2. The van der Waals surface area contributed by atoms with Crippen molar-refractivity contribution in [3.63, 3.8) is 0 Å². The molecular formula is C31H47N3O4. The summed E-state index contributed by atoms with van der Waals surface area (Å²) in [5.74, 6) is 0. The molecule has 2 unspecified atom stereocenters. The lowest BCUT2D eigenvalue weighted by atomic mass is 10.1. The van der Waals surface area contributed by atoms with Gasteiger partial charge in [-0.1, -0.05) is 36.4 Å². The van der Waals surface area contributed by atoms with E-state index in [0.717, 1.165) is 51.4 Å². The Labute approximate surface area is 228 Å². The van der Waals surface area contributed by atoms with Gasteiger partial charge >= 0.3 is 0 Å². The zero-order chi connectivity index (χ0) is 27.2. The SMILES string of the molecule is CCOC.CCn1cc(CN(C)C2CC2)c2ccccc21.O=CC1CNCC(COCC2=CCCC=C2)O1. The van der Waals surface area contributed by atoms with Gasteiger partial charge in [-0.3, -0.25) is 4.90 Å². The highest BCUT2D eigenvalue weighted by atomic mass is 16.5. The van der Waals surface area contributed by atoms with E-state index in [1.54, 1.807) is 7.11 Å². The minimum atomic E-state index is -0.328. The summed E-state index contributed by atoms with van der Waals surface area (Å²) < 4.78 is 18.0. The quantitative estimate of drug-likeness (QED) is 0.452. The van der Waals surface area contributed by atoms with E-state index in [4.69, 9.17) is 9.47 Å². The third-order valence-electron chi connectivity index (χ3n) is 6.97. The van der Waals surface area contributed by atoms with Crippen LogP contribution in [0, 0.1) is 0 Å². The van der Waals surface area contributed by atoms with Crippen LogP contribution in [0.2, 0.25) is 0 Å². The molecule has 7 nitrogen and oxygen atoms in total. The Kier molecular flexibility index (Phi) is 13.2. The second-order valence-corrected chi connectivity index (χ2v) is 10.0. The number of hydrogen-bond acceptors (Lipinski definition) is 6. The maximum absolute atomic E-state index is 10.6. The van der Waals surface area contributed by atoms with Gasteiger partial charge in [0.15, 0.2) is 0 Å². The molecule has 0 radical (unpaired) electrons. The fourth-order valence-electron chi connectivity index (χ4n) is 4.61. The summed E-state index contributed by atoms with van der Waals surface area (Å²) in [6.07, 6.45) is 14.3. The van der Waals surface area contributed by atoms with Crippen molar-refractivity contribution in [3.8, 4) is 0 Å². The van der Waals surface area contributed by atoms with Crippen LogP contribution in [0.4, 0.5) is 0 Å². The molecule has 0 bridgehead atoms. The van der Waals surface area contributed by atoms with Gasteiger partial charge in [-0.05, 0) is 63.8 Å². The van der Waals surface area contributed by atoms with Crippen LogP contribution >= 0.6 is 0 Å². The number of para-hydroxylation sites is 1. The Hall–Kier alpha value is -2.29. The predicted molar refractivity (Wildman–Crippen MR) is 155 cm³/mol. The molecule has 210 valence electrons. The molecule has 2 atom stereocenters. The lowest BCUT2D eigenvalue weighted by Crippen LogP contribution is -2.47. The van der Waals surface area contributed by atoms with E-state index in [0.29, 0.717) is 19.8 Å². The number of nitrogens with one attached hydrogen (secondary N) is 1. The summed E-state index contributed by atoms with van der Waals surface area (Å²) in [6, 6.07) is 9.57. The fourth-order valence-corrected chi connectivity index (χ4v) is 4.61. The molecule has 38 heavy (non-hydrogen) atoms. The molecule has 3 aliphatic rings. The van der Waals surface area contributed by atoms with Gasteiger partial charge in [-0.25, -0.2) is 0 Å². The van der Waals surface area contributed by atoms with E-state index < -0.39 is 0 Å². The number of allylic oxidation sites excluding steroid dienone is 2. The minimum absolute atomic E-state index is 0.0212. The second-order valence-electron chi connectivity index (χ2n) is 10.0. The average Bonchev–Trinajstić information content (AvgIpc) is 3.77. The molecule has 1 saturated carbocycles. The van der Waals surface area contributed by atoms with Crippen molar-refractivity contribution >= 4 is 17.2 Å². The zero-order valence-electron chi connectivity index (χ0n) is 23.7. The topological polar surface area (TPSA) is 65.0 Å². The van der Waals surface area contributed by atoms with E-state index in [1.807, 2.05) is 6.92 Å². The van der Waals surface area contributed by atoms with E-state index >= 15 is 0 Å². The van der Waals surface area contributed by atoms with Gasteiger partial charge in [0.2, 0.25) is 0 Å². The van der Waals surface area contributed by atoms with Gasteiger partial charge < -0.3 is 28.9 Å². The first-order valence-electron chi connectivity index (χ1n) is 14.1. The van der Waals surface area contributed by atoms with Crippen LogP contribution in [0.1, 0.15) is 45.1 Å². The van der Waals surface area contributed by atoms with Crippen LogP contribution in [0.25, 0.3) is 10.9 Å². The molecule has 2 fully saturated rings. The molecule has 0 spiro atoms. The van der Waals surface area contributed by atoms with Crippen molar-refractivity contribution in [1.29, 1.82) is 0 Å². The Balaban J connectivity index is 0.000000185. The number of hydrogen-bond donors (Lipinski definition) is 1. The number of benzene rings is 1. The molecule has 2 aromatic rings. The van der Waals surface area contributed by atoms with Gasteiger partial charge in [0.05, 0.1) is 19.3 Å². The van der Waals surface area contributed by atoms with E-state index in [9.17, 15) is 4.79 Å². The van der Waals surface area contributed by atoms with Crippen molar-refractivity contribution in [2.45, 2.75) is 70.9 Å². The third-order valence-corrected chi connectivity index (χ3v) is 6.97. The smallest absolute Gasteiger partial charge is 0.150 e. The minimum Gasteiger partial charge on any atom is -0.385 e. The van der Waals surface area contributed by atoms with Crippen molar-refractivity contribution in [1.82, 2.24) is 14.8 Å². The van der Waals surface area contributed by atoms with E-state index in [1.165, 1.54) is 34.9 Å². The standard InChI is InChI=1S/C15H20N2.C13H19NO3.C3H8O/c1-3-17-11-12(10-16(2)13-8-9-13)14-6-4-5-7-15(14)17;15-8-12-6-14-7-13(17-12)10-16-9-11-4-2-1-3-5-11;1-3-4-2/h4-7,11,13H,3,8-10H2,1-2H3;2,4-5,8,12-14H,1,3,6-7,9-10H2;3H2,1-2H3. The van der Waals surface area contributed by atoms with Crippen LogP contribution in [0.15, 0.2) is 54.3 Å². The highest BCUT2D eigenvalue weighted by molar-refractivity contribution is 5.83. The molecule has 5 rings (SSSR count). The summed E-state index contributed by atoms with van der Waals surface area (Å²) in [7, 11) is 3.93. The first-order valence-corrected chi connectivity index (χ1v) is 14.1. The molecule has 2 aliphatic carbocycles. The van der Waals surface area contributed by atoms with Crippen molar-refractivity contribution in [2.75, 3.05) is 47.1 Å². The number of aryl methyl sites for hydroxylation is 1. The molecule has 7 heteroatoms. The first-order chi connectivity index (χ1) is 18.6. The van der Waals surface area contributed by atoms with Gasteiger partial charge in [0.1, 0.15) is 12.4 Å². The molecule has 1 saturated heterocycles. The molecular weight excluding hydrogens is 478 g/mol. The van der Waals surface area contributed by atoms with Crippen molar-refractivity contribution in [3.05, 3.63) is 59.8 Å². The Bertz CT molecular complexity index is 1030. The number of morpholine rings is 1. The van der Waals surface area contributed by atoms with E-state index in [-0.39, 0.29) is 12.2 Å². The molecule has 0 amide bonds. The first kappa shape index (κ1) is 30.3. The number of carbonyl (C=O) groups is 1. The van der Waals surface area contributed by atoms with Crippen LogP contribution in [-0.2, 0) is 32.1 Å². The van der Waals surface area contributed by atoms with Crippen LogP contribution in [0.5, 0.6) is 0 Å². The predicted octanol–water partition coefficient (Wildman–Crippen LogP) is 4.74. The van der Waals surface area contributed by atoms with Crippen LogP contribution in [0.3, 0.4) is 0 Å². The number of ether oxygens (including phenoxy) is 3. The van der Waals surface area contributed by atoms with Gasteiger partial charge in [-0.15, -0.1) is 0 Å². The molecule has 1 N–H and O–H groups in total. The number of methoxy groups -OCH3 is 1. The maximum atomic E-state index is 10.6. The molecule has 2 heterocycles.